The van der Waals surface area contributed by atoms with Crippen LogP contribution in [0.5, 0.6) is 5.75 Å². The first kappa shape index (κ1) is 12.4. The number of hydrogen-bond donors (Lipinski definition) is 1. The summed E-state index contributed by atoms with van der Waals surface area (Å²) in [4.78, 5) is 0. The molecule has 0 aromatic carbocycles. The van der Waals surface area contributed by atoms with Gasteiger partial charge in [-0.1, -0.05) is 20.8 Å². The number of hydrogen-bond acceptors (Lipinski definition) is 3. The van der Waals surface area contributed by atoms with Crippen molar-refractivity contribution < 1.29 is 4.74 Å². The van der Waals surface area contributed by atoms with Gasteiger partial charge in [-0.25, -0.2) is 0 Å². The molecule has 2 N–H and O–H groups in total. The number of nitrogens with zero attached hydrogens (tertiary/aromatic N) is 2. The number of nitrogens with two attached hydrogens (primary N) is 1. The Morgan fingerprint density at radius 1 is 1.65 bits per heavy atom. The van der Waals surface area contributed by atoms with Crippen molar-refractivity contribution in [2.24, 2.45) is 17.1 Å². The van der Waals surface area contributed by atoms with Crippen LogP contribution in [-0.4, -0.2) is 16.9 Å². The van der Waals surface area contributed by atoms with E-state index in [1.165, 1.54) is 6.42 Å². The van der Waals surface area contributed by atoms with Crippen molar-refractivity contribution in [3.05, 3.63) is 11.9 Å². The summed E-state index contributed by atoms with van der Waals surface area (Å²) < 4.78 is 7.37. The lowest BCUT2D eigenvalue weighted by atomic mass is 10.0. The number of aromatic nitrogens is 2. The van der Waals surface area contributed by atoms with Gasteiger partial charge in [-0.3, -0.25) is 4.68 Å². The van der Waals surface area contributed by atoms with Gasteiger partial charge in [0.2, 0.25) is 0 Å². The number of aryl methyl sites for hydroxylation is 1. The average Bonchev–Trinajstić information content (AvgIpc) is 2.74. The fourth-order valence-electron chi connectivity index (χ4n) is 2.57. The molecule has 1 aliphatic rings. The van der Waals surface area contributed by atoms with E-state index in [4.69, 9.17) is 10.5 Å². The summed E-state index contributed by atoms with van der Waals surface area (Å²) in [5.74, 6) is 1.37. The van der Waals surface area contributed by atoms with Crippen LogP contribution in [0.3, 0.4) is 0 Å². The Balaban J connectivity index is 2.26. The fourth-order valence-corrected chi connectivity index (χ4v) is 2.57. The van der Waals surface area contributed by atoms with E-state index in [1.54, 1.807) is 13.3 Å². The molecule has 1 heterocycles. The van der Waals surface area contributed by atoms with Gasteiger partial charge >= 0.3 is 0 Å². The summed E-state index contributed by atoms with van der Waals surface area (Å²) in [7, 11) is 1.68. The zero-order valence-electron chi connectivity index (χ0n) is 11.2. The van der Waals surface area contributed by atoms with Crippen molar-refractivity contribution in [3.63, 3.8) is 0 Å². The van der Waals surface area contributed by atoms with Crippen molar-refractivity contribution in [2.45, 2.75) is 46.2 Å². The van der Waals surface area contributed by atoms with E-state index >= 15 is 0 Å². The van der Waals surface area contributed by atoms with E-state index in [0.717, 1.165) is 24.4 Å². The lowest BCUT2D eigenvalue weighted by Crippen LogP contribution is -2.21. The molecule has 0 amide bonds. The second-order valence-electron chi connectivity index (χ2n) is 5.65. The molecule has 1 fully saturated rings. The molecule has 0 radical (unpaired) electrons. The normalized spacial score (nSPS) is 23.5. The molecule has 0 bridgehead atoms. The molecule has 17 heavy (non-hydrogen) atoms. The molecule has 2 atom stereocenters. The Morgan fingerprint density at radius 3 is 2.76 bits per heavy atom. The summed E-state index contributed by atoms with van der Waals surface area (Å²) in [6, 6.07) is 0.0361. The van der Waals surface area contributed by atoms with E-state index in [-0.39, 0.29) is 6.04 Å². The highest BCUT2D eigenvalue weighted by molar-refractivity contribution is 5.30. The third-order valence-corrected chi connectivity index (χ3v) is 3.84. The molecule has 0 saturated heterocycles. The lowest BCUT2D eigenvalue weighted by Gasteiger charge is -2.17. The first-order chi connectivity index (χ1) is 8.01. The van der Waals surface area contributed by atoms with Crippen molar-refractivity contribution in [1.29, 1.82) is 0 Å². The monoisotopic (exact) mass is 237 g/mol. The van der Waals surface area contributed by atoms with Gasteiger partial charge < -0.3 is 10.5 Å². The maximum Gasteiger partial charge on any atom is 0.161 e. The summed E-state index contributed by atoms with van der Waals surface area (Å²) in [5, 5.41) is 4.37. The summed E-state index contributed by atoms with van der Waals surface area (Å²) >= 11 is 0. The van der Waals surface area contributed by atoms with Gasteiger partial charge in [0.25, 0.3) is 0 Å². The molecule has 1 saturated carbocycles. The van der Waals surface area contributed by atoms with Gasteiger partial charge in [0.15, 0.2) is 5.75 Å². The van der Waals surface area contributed by atoms with Crippen LogP contribution < -0.4 is 10.5 Å². The lowest BCUT2D eigenvalue weighted by molar-refractivity contribution is 0.387. The Bertz CT molecular complexity index is 397. The van der Waals surface area contributed by atoms with Gasteiger partial charge in [0, 0.05) is 6.54 Å². The van der Waals surface area contributed by atoms with Crippen LogP contribution in [0.15, 0.2) is 6.20 Å². The highest BCUT2D eigenvalue weighted by Crippen LogP contribution is 2.57. The molecule has 2 rings (SSSR count). The van der Waals surface area contributed by atoms with Crippen molar-refractivity contribution in [1.82, 2.24) is 9.78 Å². The van der Waals surface area contributed by atoms with E-state index in [2.05, 4.69) is 25.9 Å². The molecule has 1 aromatic rings. The van der Waals surface area contributed by atoms with Gasteiger partial charge in [-0.15, -0.1) is 0 Å². The minimum Gasteiger partial charge on any atom is -0.493 e. The molecule has 0 aliphatic heterocycles. The van der Waals surface area contributed by atoms with Gasteiger partial charge in [-0.2, -0.15) is 5.10 Å². The van der Waals surface area contributed by atoms with Crippen molar-refractivity contribution >= 4 is 0 Å². The second-order valence-corrected chi connectivity index (χ2v) is 5.65. The van der Waals surface area contributed by atoms with E-state index in [9.17, 15) is 0 Å². The molecular weight excluding hydrogens is 214 g/mol. The fraction of sp³-hybridized carbons (Fsp3) is 0.769. The molecular formula is C13H23N3O. The molecule has 96 valence electrons. The maximum atomic E-state index is 6.39. The van der Waals surface area contributed by atoms with Crippen LogP contribution in [0.1, 0.15) is 45.3 Å². The minimum atomic E-state index is 0.0361. The Morgan fingerprint density at radius 2 is 2.29 bits per heavy atom. The third kappa shape index (κ3) is 2.18. The van der Waals surface area contributed by atoms with Gasteiger partial charge in [0.05, 0.1) is 25.0 Å². The summed E-state index contributed by atoms with van der Waals surface area (Å²) in [5.41, 5.74) is 7.81. The van der Waals surface area contributed by atoms with E-state index in [1.807, 2.05) is 4.68 Å². The molecule has 0 spiro atoms. The largest absolute Gasteiger partial charge is 0.493 e. The number of methoxy groups -OCH3 is 1. The highest BCUT2D eigenvalue weighted by Gasteiger charge is 2.50. The zero-order valence-corrected chi connectivity index (χ0v) is 11.2. The maximum absolute atomic E-state index is 6.39. The highest BCUT2D eigenvalue weighted by atomic mass is 16.5. The first-order valence-electron chi connectivity index (χ1n) is 6.36. The van der Waals surface area contributed by atoms with E-state index in [0.29, 0.717) is 11.3 Å². The molecule has 4 heteroatoms. The summed E-state index contributed by atoms with van der Waals surface area (Å²) in [6.45, 7) is 7.58. The smallest absolute Gasteiger partial charge is 0.161 e. The Hall–Kier alpha value is -1.03. The van der Waals surface area contributed by atoms with E-state index < -0.39 is 0 Å². The minimum absolute atomic E-state index is 0.0361. The summed E-state index contributed by atoms with van der Waals surface area (Å²) in [6.07, 6.45) is 4.02. The van der Waals surface area contributed by atoms with Crippen LogP contribution in [-0.2, 0) is 6.54 Å². The predicted molar refractivity (Wildman–Crippen MR) is 67.9 cm³/mol. The topological polar surface area (TPSA) is 53.1 Å². The second kappa shape index (κ2) is 4.33. The number of ether oxygens (including phenoxy) is 1. The number of rotatable bonds is 5. The van der Waals surface area contributed by atoms with Crippen LogP contribution in [0, 0.1) is 11.3 Å². The SMILES string of the molecule is CCCn1ncc(OC)c1C(N)C1CC1(C)C. The van der Waals surface area contributed by atoms with Gasteiger partial charge in [-0.05, 0) is 24.2 Å². The standard InChI is InChI=1S/C13H23N3O/c1-5-6-16-12(10(17-4)8-15-16)11(14)9-7-13(9,2)3/h8-9,11H,5-7,14H2,1-4H3. The molecule has 4 nitrogen and oxygen atoms in total. The zero-order chi connectivity index (χ0) is 12.6. The quantitative estimate of drug-likeness (QED) is 0.855. The van der Waals surface area contributed by atoms with Gasteiger partial charge in [0.1, 0.15) is 0 Å². The Labute approximate surface area is 103 Å². The molecule has 1 aliphatic carbocycles. The third-order valence-electron chi connectivity index (χ3n) is 3.84. The average molecular weight is 237 g/mol. The molecule has 1 aromatic heterocycles. The van der Waals surface area contributed by atoms with Crippen LogP contribution in [0.25, 0.3) is 0 Å². The van der Waals surface area contributed by atoms with Crippen molar-refractivity contribution in [3.8, 4) is 5.75 Å². The van der Waals surface area contributed by atoms with Crippen LogP contribution >= 0.6 is 0 Å². The molecule has 2 unspecified atom stereocenters. The predicted octanol–water partition coefficient (Wildman–Crippen LogP) is 2.35. The first-order valence-corrected chi connectivity index (χ1v) is 6.36. The van der Waals surface area contributed by atoms with Crippen LogP contribution in [0.4, 0.5) is 0 Å². The van der Waals surface area contributed by atoms with Crippen LogP contribution in [0.2, 0.25) is 0 Å². The van der Waals surface area contributed by atoms with Crippen molar-refractivity contribution in [2.75, 3.05) is 7.11 Å². The Kier molecular flexibility index (Phi) is 3.17.